The van der Waals surface area contributed by atoms with E-state index in [0.717, 1.165) is 30.1 Å². The van der Waals surface area contributed by atoms with E-state index in [0.29, 0.717) is 6.33 Å². The zero-order valence-corrected chi connectivity index (χ0v) is 18.1. The number of benzene rings is 1. The minimum Gasteiger partial charge on any atom is -0.216 e. The minimum absolute atomic E-state index is 0.710. The van der Waals surface area contributed by atoms with Crippen molar-refractivity contribution in [1.82, 2.24) is 0 Å². The van der Waals surface area contributed by atoms with Crippen LogP contribution in [0.25, 0.3) is 0 Å². The van der Waals surface area contributed by atoms with Crippen molar-refractivity contribution in [2.24, 2.45) is 17.8 Å². The predicted octanol–water partition coefficient (Wildman–Crippen LogP) is 8.76. The van der Waals surface area contributed by atoms with E-state index in [1.165, 1.54) is 89.0 Å². The highest BCUT2D eigenvalue weighted by Gasteiger charge is 2.25. The van der Waals surface area contributed by atoms with Crippen LogP contribution in [-0.2, 0) is 6.42 Å². The first-order valence-electron chi connectivity index (χ1n) is 12.1. The van der Waals surface area contributed by atoms with Crippen LogP contribution in [0, 0.1) is 17.8 Å². The maximum absolute atomic E-state index is 12.1. The number of hydrogen-bond donors (Lipinski definition) is 0. The Morgan fingerprint density at radius 3 is 1.86 bits per heavy atom. The molecule has 0 bridgehead atoms. The second-order valence-electron chi connectivity index (χ2n) is 9.61. The third-order valence-corrected chi connectivity index (χ3v) is 7.62. The number of halogens is 1. The molecule has 2 saturated carbocycles. The molecule has 0 spiro atoms. The molecule has 28 heavy (non-hydrogen) atoms. The monoisotopic (exact) mass is 384 g/mol. The van der Waals surface area contributed by atoms with E-state index in [9.17, 15) is 4.39 Å². The predicted molar refractivity (Wildman–Crippen MR) is 119 cm³/mol. The highest BCUT2D eigenvalue weighted by Crippen LogP contribution is 2.40. The highest BCUT2D eigenvalue weighted by atomic mass is 19.1. The van der Waals surface area contributed by atoms with E-state index in [4.69, 9.17) is 0 Å². The summed E-state index contributed by atoms with van der Waals surface area (Å²) in [4.78, 5) is 0. The molecule has 0 aliphatic heterocycles. The Labute approximate surface area is 173 Å². The van der Waals surface area contributed by atoms with Crippen molar-refractivity contribution < 1.29 is 4.39 Å². The summed E-state index contributed by atoms with van der Waals surface area (Å²) in [6.07, 6.45) is 21.1. The summed E-state index contributed by atoms with van der Waals surface area (Å²) >= 11 is 0. The first-order valence-corrected chi connectivity index (χ1v) is 12.1. The molecular weight excluding hydrogens is 343 g/mol. The van der Waals surface area contributed by atoms with Crippen molar-refractivity contribution in [3.63, 3.8) is 0 Å². The number of aryl methyl sites for hydroxylation is 1. The van der Waals surface area contributed by atoms with E-state index in [-0.39, 0.29) is 0 Å². The molecule has 2 aliphatic carbocycles. The van der Waals surface area contributed by atoms with Gasteiger partial charge in [0, 0.05) is 0 Å². The number of rotatable bonds is 9. The molecule has 0 radical (unpaired) electrons. The molecule has 0 saturated heterocycles. The van der Waals surface area contributed by atoms with Gasteiger partial charge in [0.1, 0.15) is 0 Å². The van der Waals surface area contributed by atoms with Crippen LogP contribution >= 0.6 is 0 Å². The van der Waals surface area contributed by atoms with Crippen molar-refractivity contribution in [3.8, 4) is 0 Å². The van der Waals surface area contributed by atoms with Crippen LogP contribution in [0.3, 0.4) is 0 Å². The number of allylic oxidation sites excluding steroid dienone is 1. The Kier molecular flexibility index (Phi) is 9.09. The Bertz CT molecular complexity index is 556. The molecule has 0 atom stereocenters. The molecule has 2 fully saturated rings. The SMILES string of the molecule is CCCc1ccc([C@H]2CC[C@H](CC[C@H]3CC[C@H](CCC=CF)CC3)CC2)cc1. The van der Waals surface area contributed by atoms with Crippen LogP contribution < -0.4 is 0 Å². The highest BCUT2D eigenvalue weighted by molar-refractivity contribution is 5.25. The molecule has 156 valence electrons. The van der Waals surface area contributed by atoms with E-state index in [1.807, 2.05) is 0 Å². The van der Waals surface area contributed by atoms with Crippen molar-refractivity contribution in [1.29, 1.82) is 0 Å². The zero-order valence-electron chi connectivity index (χ0n) is 18.1. The topological polar surface area (TPSA) is 0 Å². The van der Waals surface area contributed by atoms with Gasteiger partial charge in [-0.25, -0.2) is 4.39 Å². The van der Waals surface area contributed by atoms with Crippen LogP contribution in [0.2, 0.25) is 0 Å². The van der Waals surface area contributed by atoms with Gasteiger partial charge in [-0.05, 0) is 79.7 Å². The van der Waals surface area contributed by atoms with Crippen LogP contribution in [0.4, 0.5) is 4.39 Å². The lowest BCUT2D eigenvalue weighted by Gasteiger charge is -2.32. The fourth-order valence-electron chi connectivity index (χ4n) is 5.70. The molecule has 0 nitrogen and oxygen atoms in total. The standard InChI is InChI=1S/C27H41F/c1-2-5-22-13-17-26(18-14-22)27-19-15-25(16-20-27)12-11-24-9-7-23(8-10-24)6-3-4-21-28/h4,13-14,17-18,21,23-25,27H,2-3,5-12,15-16,19-20H2,1H3/t23-,24-,25-,27-. The molecule has 3 rings (SSSR count). The fraction of sp³-hybridized carbons (Fsp3) is 0.704. The first-order chi connectivity index (χ1) is 13.8. The maximum atomic E-state index is 12.1. The second-order valence-corrected chi connectivity index (χ2v) is 9.61. The van der Waals surface area contributed by atoms with Crippen LogP contribution in [0.1, 0.15) is 107 Å². The maximum Gasteiger partial charge on any atom is 0.0827 e. The molecule has 0 N–H and O–H groups in total. The molecule has 1 heteroatoms. The zero-order chi connectivity index (χ0) is 19.6. The molecule has 0 heterocycles. The second kappa shape index (κ2) is 11.8. The van der Waals surface area contributed by atoms with Gasteiger partial charge in [0.05, 0.1) is 6.33 Å². The van der Waals surface area contributed by atoms with Gasteiger partial charge in [-0.15, -0.1) is 0 Å². The summed E-state index contributed by atoms with van der Waals surface area (Å²) in [5.41, 5.74) is 3.08. The third-order valence-electron chi connectivity index (χ3n) is 7.62. The van der Waals surface area contributed by atoms with Gasteiger partial charge >= 0.3 is 0 Å². The third kappa shape index (κ3) is 6.75. The quantitative estimate of drug-likeness (QED) is 0.399. The molecule has 1 aromatic carbocycles. The summed E-state index contributed by atoms with van der Waals surface area (Å²) in [7, 11) is 0. The van der Waals surface area contributed by atoms with Crippen LogP contribution in [0.15, 0.2) is 36.7 Å². The van der Waals surface area contributed by atoms with Gasteiger partial charge in [0.25, 0.3) is 0 Å². The average molecular weight is 385 g/mol. The molecular formula is C27H41F. The Morgan fingerprint density at radius 1 is 0.786 bits per heavy atom. The summed E-state index contributed by atoms with van der Waals surface area (Å²) in [6, 6.07) is 9.51. The number of hydrogen-bond acceptors (Lipinski definition) is 0. The summed E-state index contributed by atoms with van der Waals surface area (Å²) < 4.78 is 12.1. The average Bonchev–Trinajstić information content (AvgIpc) is 2.75. The first kappa shape index (κ1) is 21.6. The van der Waals surface area contributed by atoms with Crippen LogP contribution in [0.5, 0.6) is 0 Å². The molecule has 0 aromatic heterocycles. The van der Waals surface area contributed by atoms with Crippen LogP contribution in [-0.4, -0.2) is 0 Å². The van der Waals surface area contributed by atoms with Gasteiger partial charge in [-0.3, -0.25) is 0 Å². The summed E-state index contributed by atoms with van der Waals surface area (Å²) in [5.74, 6) is 3.60. The van der Waals surface area contributed by atoms with E-state index in [2.05, 4.69) is 31.2 Å². The van der Waals surface area contributed by atoms with Crippen molar-refractivity contribution in [2.45, 2.75) is 103 Å². The van der Waals surface area contributed by atoms with E-state index < -0.39 is 0 Å². The largest absolute Gasteiger partial charge is 0.216 e. The van der Waals surface area contributed by atoms with Gasteiger partial charge in [-0.1, -0.05) is 82.2 Å². The van der Waals surface area contributed by atoms with Crippen molar-refractivity contribution in [2.75, 3.05) is 0 Å². The Hall–Kier alpha value is -1.11. The summed E-state index contributed by atoms with van der Waals surface area (Å²) in [6.45, 7) is 2.26. The van der Waals surface area contributed by atoms with Crippen molar-refractivity contribution in [3.05, 3.63) is 47.8 Å². The Balaban J connectivity index is 1.32. The Morgan fingerprint density at radius 2 is 1.32 bits per heavy atom. The van der Waals surface area contributed by atoms with Gasteiger partial charge in [0.15, 0.2) is 0 Å². The molecule has 1 aromatic rings. The smallest absolute Gasteiger partial charge is 0.0827 e. The minimum atomic E-state index is 0.710. The van der Waals surface area contributed by atoms with Gasteiger partial charge in [-0.2, -0.15) is 0 Å². The lowest BCUT2D eigenvalue weighted by atomic mass is 9.74. The molecule has 0 unspecified atom stereocenters. The molecule has 2 aliphatic rings. The lowest BCUT2D eigenvalue weighted by molar-refractivity contribution is 0.225. The van der Waals surface area contributed by atoms with E-state index in [1.54, 1.807) is 11.6 Å². The van der Waals surface area contributed by atoms with E-state index >= 15 is 0 Å². The van der Waals surface area contributed by atoms with Gasteiger partial charge in [0.2, 0.25) is 0 Å². The van der Waals surface area contributed by atoms with Gasteiger partial charge < -0.3 is 0 Å². The van der Waals surface area contributed by atoms with Crippen molar-refractivity contribution >= 4 is 0 Å². The molecule has 0 amide bonds. The normalized spacial score (nSPS) is 28.6. The summed E-state index contributed by atoms with van der Waals surface area (Å²) in [5, 5.41) is 0. The lowest BCUT2D eigenvalue weighted by Crippen LogP contribution is -2.17. The fourth-order valence-corrected chi connectivity index (χ4v) is 5.70.